The SMILES string of the molecule is CC(CCc1ccc(C(C)(C)C)cc1)CC(=O)O. The van der Waals surface area contributed by atoms with Gasteiger partial charge < -0.3 is 5.11 Å². The number of rotatable bonds is 5. The first kappa shape index (κ1) is 14.7. The summed E-state index contributed by atoms with van der Waals surface area (Å²) >= 11 is 0. The Labute approximate surface area is 110 Å². The van der Waals surface area contributed by atoms with E-state index in [0.717, 1.165) is 12.8 Å². The monoisotopic (exact) mass is 248 g/mol. The normalized spacial score (nSPS) is 13.3. The summed E-state index contributed by atoms with van der Waals surface area (Å²) in [7, 11) is 0. The zero-order valence-electron chi connectivity index (χ0n) is 11.9. The molecule has 0 aliphatic heterocycles. The summed E-state index contributed by atoms with van der Waals surface area (Å²) in [5, 5.41) is 8.71. The Morgan fingerprint density at radius 2 is 1.78 bits per heavy atom. The van der Waals surface area contributed by atoms with Gasteiger partial charge in [0.1, 0.15) is 0 Å². The summed E-state index contributed by atoms with van der Waals surface area (Å²) in [6.07, 6.45) is 2.15. The van der Waals surface area contributed by atoms with Crippen LogP contribution in [0, 0.1) is 5.92 Å². The van der Waals surface area contributed by atoms with Crippen molar-refractivity contribution in [2.75, 3.05) is 0 Å². The fourth-order valence-electron chi connectivity index (χ4n) is 1.98. The molecule has 0 spiro atoms. The lowest BCUT2D eigenvalue weighted by molar-refractivity contribution is -0.138. The second-order valence-corrected chi connectivity index (χ2v) is 6.19. The molecule has 0 aromatic heterocycles. The van der Waals surface area contributed by atoms with E-state index < -0.39 is 5.97 Å². The van der Waals surface area contributed by atoms with Gasteiger partial charge >= 0.3 is 5.97 Å². The molecule has 0 aliphatic carbocycles. The van der Waals surface area contributed by atoms with E-state index in [-0.39, 0.29) is 17.8 Å². The van der Waals surface area contributed by atoms with Gasteiger partial charge in [-0.05, 0) is 35.3 Å². The van der Waals surface area contributed by atoms with Crippen molar-refractivity contribution in [1.29, 1.82) is 0 Å². The van der Waals surface area contributed by atoms with E-state index in [4.69, 9.17) is 5.11 Å². The molecule has 0 heterocycles. The molecule has 1 N–H and O–H groups in total. The Balaban J connectivity index is 2.52. The fraction of sp³-hybridized carbons (Fsp3) is 0.562. The Morgan fingerprint density at radius 1 is 1.22 bits per heavy atom. The maximum absolute atomic E-state index is 10.6. The van der Waals surface area contributed by atoms with Crippen LogP contribution < -0.4 is 0 Å². The third-order valence-corrected chi connectivity index (χ3v) is 3.27. The number of hydrogen-bond acceptors (Lipinski definition) is 1. The standard InChI is InChI=1S/C16H24O2/c1-12(11-15(17)18)5-6-13-7-9-14(10-8-13)16(2,3)4/h7-10,12H,5-6,11H2,1-4H3,(H,17,18). The number of benzene rings is 1. The van der Waals surface area contributed by atoms with Gasteiger partial charge in [0.15, 0.2) is 0 Å². The van der Waals surface area contributed by atoms with E-state index >= 15 is 0 Å². The molecule has 0 amide bonds. The highest BCUT2D eigenvalue weighted by Crippen LogP contribution is 2.23. The van der Waals surface area contributed by atoms with E-state index in [2.05, 4.69) is 45.0 Å². The number of aliphatic carboxylic acids is 1. The molecule has 2 nitrogen and oxygen atoms in total. The molecule has 1 unspecified atom stereocenters. The molecule has 0 bridgehead atoms. The van der Waals surface area contributed by atoms with Crippen molar-refractivity contribution in [3.8, 4) is 0 Å². The minimum atomic E-state index is -0.703. The van der Waals surface area contributed by atoms with Crippen molar-refractivity contribution in [3.05, 3.63) is 35.4 Å². The molecule has 0 saturated carbocycles. The topological polar surface area (TPSA) is 37.3 Å². The second-order valence-electron chi connectivity index (χ2n) is 6.19. The van der Waals surface area contributed by atoms with E-state index in [1.807, 2.05) is 6.92 Å². The van der Waals surface area contributed by atoms with Gasteiger partial charge in [-0.3, -0.25) is 4.79 Å². The molecule has 1 rings (SSSR count). The number of carboxylic acid groups (broad SMARTS) is 1. The largest absolute Gasteiger partial charge is 0.481 e. The molecule has 2 heteroatoms. The Bertz CT molecular complexity index is 385. The lowest BCUT2D eigenvalue weighted by Gasteiger charge is -2.19. The molecule has 1 atom stereocenters. The summed E-state index contributed by atoms with van der Waals surface area (Å²) in [5.74, 6) is -0.463. The van der Waals surface area contributed by atoms with Crippen LogP contribution in [-0.4, -0.2) is 11.1 Å². The van der Waals surface area contributed by atoms with Gasteiger partial charge in [0.05, 0.1) is 0 Å². The summed E-state index contributed by atoms with van der Waals surface area (Å²) < 4.78 is 0. The Hall–Kier alpha value is -1.31. The summed E-state index contributed by atoms with van der Waals surface area (Å²) in [6, 6.07) is 8.68. The van der Waals surface area contributed by atoms with Gasteiger partial charge in [0.2, 0.25) is 0 Å². The van der Waals surface area contributed by atoms with Crippen LogP contribution in [0.3, 0.4) is 0 Å². The minimum absolute atomic E-state index is 0.190. The number of carboxylic acids is 1. The zero-order chi connectivity index (χ0) is 13.8. The van der Waals surface area contributed by atoms with Crippen molar-refractivity contribution in [3.63, 3.8) is 0 Å². The van der Waals surface area contributed by atoms with Gasteiger partial charge in [-0.2, -0.15) is 0 Å². The minimum Gasteiger partial charge on any atom is -0.481 e. The zero-order valence-corrected chi connectivity index (χ0v) is 11.9. The van der Waals surface area contributed by atoms with Crippen LogP contribution in [0.2, 0.25) is 0 Å². The Morgan fingerprint density at radius 3 is 2.22 bits per heavy atom. The molecular formula is C16H24O2. The van der Waals surface area contributed by atoms with Crippen LogP contribution in [0.15, 0.2) is 24.3 Å². The van der Waals surface area contributed by atoms with Crippen molar-refractivity contribution < 1.29 is 9.90 Å². The highest BCUT2D eigenvalue weighted by atomic mass is 16.4. The smallest absolute Gasteiger partial charge is 0.303 e. The first-order chi connectivity index (χ1) is 8.29. The predicted molar refractivity (Wildman–Crippen MR) is 74.9 cm³/mol. The number of hydrogen-bond donors (Lipinski definition) is 1. The molecule has 18 heavy (non-hydrogen) atoms. The molecule has 1 aromatic carbocycles. The lowest BCUT2D eigenvalue weighted by atomic mass is 9.86. The van der Waals surface area contributed by atoms with Crippen LogP contribution in [0.1, 0.15) is 51.7 Å². The van der Waals surface area contributed by atoms with Gasteiger partial charge in [-0.1, -0.05) is 52.0 Å². The fourth-order valence-corrected chi connectivity index (χ4v) is 1.98. The van der Waals surface area contributed by atoms with Gasteiger partial charge in [0.25, 0.3) is 0 Å². The lowest BCUT2D eigenvalue weighted by Crippen LogP contribution is -2.10. The van der Waals surface area contributed by atoms with Gasteiger partial charge in [0, 0.05) is 6.42 Å². The van der Waals surface area contributed by atoms with Crippen molar-refractivity contribution in [2.45, 2.75) is 52.4 Å². The predicted octanol–water partition coefficient (Wildman–Crippen LogP) is 4.03. The first-order valence-corrected chi connectivity index (χ1v) is 6.60. The molecule has 0 radical (unpaired) electrons. The third-order valence-electron chi connectivity index (χ3n) is 3.27. The average Bonchev–Trinajstić information content (AvgIpc) is 2.25. The maximum Gasteiger partial charge on any atom is 0.303 e. The maximum atomic E-state index is 10.6. The van der Waals surface area contributed by atoms with Crippen LogP contribution in [0.5, 0.6) is 0 Å². The van der Waals surface area contributed by atoms with Crippen molar-refractivity contribution in [1.82, 2.24) is 0 Å². The van der Waals surface area contributed by atoms with Crippen molar-refractivity contribution in [2.24, 2.45) is 5.92 Å². The van der Waals surface area contributed by atoms with Crippen molar-refractivity contribution >= 4 is 5.97 Å². The Kier molecular flexibility index (Phi) is 4.94. The molecule has 100 valence electrons. The van der Waals surface area contributed by atoms with E-state index in [1.54, 1.807) is 0 Å². The summed E-state index contributed by atoms with van der Waals surface area (Å²) in [4.78, 5) is 10.6. The molecule has 0 fully saturated rings. The van der Waals surface area contributed by atoms with Crippen LogP contribution >= 0.6 is 0 Å². The first-order valence-electron chi connectivity index (χ1n) is 6.60. The van der Waals surface area contributed by atoms with Gasteiger partial charge in [-0.15, -0.1) is 0 Å². The number of aryl methyl sites for hydroxylation is 1. The highest BCUT2D eigenvalue weighted by molar-refractivity contribution is 5.66. The summed E-state index contributed by atoms with van der Waals surface area (Å²) in [6.45, 7) is 8.61. The third kappa shape index (κ3) is 4.91. The molecule has 0 saturated heterocycles. The highest BCUT2D eigenvalue weighted by Gasteiger charge is 2.13. The molecule has 0 aliphatic rings. The van der Waals surface area contributed by atoms with Crippen LogP contribution in [0.25, 0.3) is 0 Å². The number of carbonyl (C=O) groups is 1. The van der Waals surface area contributed by atoms with Gasteiger partial charge in [-0.25, -0.2) is 0 Å². The van der Waals surface area contributed by atoms with E-state index in [9.17, 15) is 4.79 Å². The van der Waals surface area contributed by atoms with E-state index in [1.165, 1.54) is 11.1 Å². The van der Waals surface area contributed by atoms with Crippen LogP contribution in [0.4, 0.5) is 0 Å². The second kappa shape index (κ2) is 6.03. The average molecular weight is 248 g/mol. The van der Waals surface area contributed by atoms with Crippen LogP contribution in [-0.2, 0) is 16.6 Å². The molecular weight excluding hydrogens is 224 g/mol. The molecule has 1 aromatic rings. The summed E-state index contributed by atoms with van der Waals surface area (Å²) in [5.41, 5.74) is 2.82. The quantitative estimate of drug-likeness (QED) is 0.854. The van der Waals surface area contributed by atoms with E-state index in [0.29, 0.717) is 0 Å².